The predicted molar refractivity (Wildman–Crippen MR) is 126 cm³/mol. The molecule has 2 saturated heterocycles. The van der Waals surface area contributed by atoms with Gasteiger partial charge in [0.25, 0.3) is 0 Å². The Balaban J connectivity index is 1.18. The first-order chi connectivity index (χ1) is 15.7. The van der Waals surface area contributed by atoms with Crippen molar-refractivity contribution in [3.05, 3.63) is 48.8 Å². The summed E-state index contributed by atoms with van der Waals surface area (Å²) < 4.78 is 7.22. The molecule has 32 heavy (non-hydrogen) atoms. The molecule has 2 fully saturated rings. The molecule has 3 aromatic rings. The summed E-state index contributed by atoms with van der Waals surface area (Å²) in [6, 6.07) is 12.1. The minimum absolute atomic E-state index is 0.0233. The van der Waals surface area contributed by atoms with Gasteiger partial charge in [-0.3, -0.25) is 9.36 Å². The third kappa shape index (κ3) is 4.29. The number of carbonyl (C=O) groups is 1. The molecule has 0 aliphatic carbocycles. The number of aromatic nitrogens is 3. The van der Waals surface area contributed by atoms with Crippen molar-refractivity contribution in [3.63, 3.8) is 0 Å². The minimum atomic E-state index is 0.0233. The molecule has 8 nitrogen and oxygen atoms in total. The third-order valence-corrected chi connectivity index (χ3v) is 7.30. The Kier molecular flexibility index (Phi) is 5.98. The standard InChI is InChI=1S/C23H28N6O2S/c1-31-20-8-6-19(7-9-20)26-13-15-27(16-14-26)21(30)18-5-4-12-29(17-18)23-25-24-22(32-23)28-10-2-3-11-28/h2-3,6-11,18H,4-5,12-17H2,1H3/t18-/m0/s1. The van der Waals surface area contributed by atoms with Gasteiger partial charge >= 0.3 is 0 Å². The van der Waals surface area contributed by atoms with E-state index in [4.69, 9.17) is 4.74 Å². The van der Waals surface area contributed by atoms with Crippen molar-refractivity contribution in [3.8, 4) is 10.9 Å². The number of amides is 1. The number of methoxy groups -OCH3 is 1. The molecule has 9 heteroatoms. The quantitative estimate of drug-likeness (QED) is 0.593. The fourth-order valence-electron chi connectivity index (χ4n) is 4.49. The molecule has 0 saturated carbocycles. The van der Waals surface area contributed by atoms with Gasteiger partial charge in [-0.1, -0.05) is 11.3 Å². The fraction of sp³-hybridized carbons (Fsp3) is 0.435. The van der Waals surface area contributed by atoms with Crippen LogP contribution in [0.15, 0.2) is 48.8 Å². The molecular formula is C23H28N6O2S. The molecular weight excluding hydrogens is 424 g/mol. The van der Waals surface area contributed by atoms with Crippen LogP contribution in [0.4, 0.5) is 10.8 Å². The highest BCUT2D eigenvalue weighted by atomic mass is 32.1. The Morgan fingerprint density at radius 1 is 0.969 bits per heavy atom. The molecule has 1 aromatic carbocycles. The Morgan fingerprint density at radius 2 is 1.69 bits per heavy atom. The number of hydrogen-bond acceptors (Lipinski definition) is 7. The summed E-state index contributed by atoms with van der Waals surface area (Å²) in [5, 5.41) is 10.5. The van der Waals surface area contributed by atoms with E-state index < -0.39 is 0 Å². The summed E-state index contributed by atoms with van der Waals surface area (Å²) in [6.45, 7) is 4.87. The maximum absolute atomic E-state index is 13.3. The summed E-state index contributed by atoms with van der Waals surface area (Å²) >= 11 is 1.57. The van der Waals surface area contributed by atoms with Gasteiger partial charge in [-0.2, -0.15) is 0 Å². The molecule has 0 spiro atoms. The fourth-order valence-corrected chi connectivity index (χ4v) is 5.34. The van der Waals surface area contributed by atoms with Crippen molar-refractivity contribution in [2.75, 3.05) is 56.2 Å². The average Bonchev–Trinajstić information content (AvgIpc) is 3.56. The highest BCUT2D eigenvalue weighted by Gasteiger charge is 2.32. The predicted octanol–water partition coefficient (Wildman–Crippen LogP) is 2.90. The molecule has 0 unspecified atom stereocenters. The number of piperazine rings is 1. The molecule has 2 aromatic heterocycles. The molecule has 5 rings (SSSR count). The van der Waals surface area contributed by atoms with Crippen LogP contribution in [0.1, 0.15) is 12.8 Å². The van der Waals surface area contributed by atoms with Crippen LogP contribution in [0.3, 0.4) is 0 Å². The van der Waals surface area contributed by atoms with E-state index in [-0.39, 0.29) is 11.8 Å². The van der Waals surface area contributed by atoms with E-state index >= 15 is 0 Å². The lowest BCUT2D eigenvalue weighted by molar-refractivity contribution is -0.136. The smallest absolute Gasteiger partial charge is 0.227 e. The molecule has 4 heterocycles. The van der Waals surface area contributed by atoms with Crippen molar-refractivity contribution in [1.29, 1.82) is 0 Å². The van der Waals surface area contributed by atoms with E-state index in [1.54, 1.807) is 18.4 Å². The highest BCUT2D eigenvalue weighted by Crippen LogP contribution is 2.29. The largest absolute Gasteiger partial charge is 0.497 e. The first-order valence-corrected chi connectivity index (χ1v) is 11.9. The molecule has 1 atom stereocenters. The van der Waals surface area contributed by atoms with Crippen molar-refractivity contribution < 1.29 is 9.53 Å². The first kappa shape index (κ1) is 20.8. The van der Waals surface area contributed by atoms with Crippen LogP contribution < -0.4 is 14.5 Å². The lowest BCUT2D eigenvalue weighted by Gasteiger charge is -2.39. The zero-order valence-electron chi connectivity index (χ0n) is 18.3. The maximum atomic E-state index is 13.3. The Bertz CT molecular complexity index is 1030. The van der Waals surface area contributed by atoms with E-state index in [0.29, 0.717) is 0 Å². The Hall–Kier alpha value is -3.07. The van der Waals surface area contributed by atoms with E-state index in [1.165, 1.54) is 5.69 Å². The third-order valence-electron chi connectivity index (χ3n) is 6.30. The van der Waals surface area contributed by atoms with Crippen molar-refractivity contribution in [2.24, 2.45) is 5.92 Å². The van der Waals surface area contributed by atoms with Crippen LogP contribution in [0.2, 0.25) is 0 Å². The summed E-state index contributed by atoms with van der Waals surface area (Å²) in [6.07, 6.45) is 5.88. The van der Waals surface area contributed by atoms with Gasteiger partial charge in [0.15, 0.2) is 0 Å². The van der Waals surface area contributed by atoms with Crippen LogP contribution in [0, 0.1) is 5.92 Å². The molecule has 1 amide bonds. The molecule has 0 radical (unpaired) electrons. The number of carbonyl (C=O) groups excluding carboxylic acids is 1. The first-order valence-electron chi connectivity index (χ1n) is 11.1. The number of hydrogen-bond donors (Lipinski definition) is 0. The number of rotatable bonds is 5. The van der Waals surface area contributed by atoms with E-state index in [1.807, 2.05) is 46.1 Å². The summed E-state index contributed by atoms with van der Waals surface area (Å²) in [5.41, 5.74) is 1.18. The van der Waals surface area contributed by atoms with Gasteiger partial charge in [0.05, 0.1) is 13.0 Å². The molecule has 0 N–H and O–H groups in total. The van der Waals surface area contributed by atoms with Crippen LogP contribution in [0.5, 0.6) is 5.75 Å². The maximum Gasteiger partial charge on any atom is 0.227 e. The summed E-state index contributed by atoms with van der Waals surface area (Å²) in [7, 11) is 1.68. The summed E-state index contributed by atoms with van der Waals surface area (Å²) in [4.78, 5) is 19.9. The second-order valence-corrected chi connectivity index (χ2v) is 9.19. The lowest BCUT2D eigenvalue weighted by atomic mass is 9.96. The van der Waals surface area contributed by atoms with E-state index in [2.05, 4.69) is 32.1 Å². The number of benzene rings is 1. The molecule has 168 valence electrons. The lowest BCUT2D eigenvalue weighted by Crippen LogP contribution is -2.52. The van der Waals surface area contributed by atoms with Gasteiger partial charge in [0.2, 0.25) is 16.2 Å². The van der Waals surface area contributed by atoms with Crippen molar-refractivity contribution in [2.45, 2.75) is 12.8 Å². The number of piperidine rings is 1. The van der Waals surface area contributed by atoms with Gasteiger partial charge in [-0.15, -0.1) is 10.2 Å². The van der Waals surface area contributed by atoms with Crippen LogP contribution in [-0.2, 0) is 4.79 Å². The van der Waals surface area contributed by atoms with E-state index in [0.717, 1.165) is 68.1 Å². The van der Waals surface area contributed by atoms with Crippen molar-refractivity contribution >= 4 is 28.1 Å². The number of ether oxygens (including phenoxy) is 1. The monoisotopic (exact) mass is 452 g/mol. The van der Waals surface area contributed by atoms with Gasteiger partial charge in [0.1, 0.15) is 5.75 Å². The Morgan fingerprint density at radius 3 is 2.41 bits per heavy atom. The van der Waals surface area contributed by atoms with Gasteiger partial charge in [0, 0.05) is 57.3 Å². The van der Waals surface area contributed by atoms with E-state index in [9.17, 15) is 4.79 Å². The average molecular weight is 453 g/mol. The Labute approximate surface area is 192 Å². The number of anilines is 2. The SMILES string of the molecule is COc1ccc(N2CCN(C(=O)[C@H]3CCCN(c4nnc(-n5cccc5)s4)C3)CC2)cc1. The highest BCUT2D eigenvalue weighted by molar-refractivity contribution is 7.17. The molecule has 2 aliphatic heterocycles. The zero-order chi connectivity index (χ0) is 21.9. The topological polar surface area (TPSA) is 66.7 Å². The number of nitrogens with zero attached hydrogens (tertiary/aromatic N) is 6. The minimum Gasteiger partial charge on any atom is -0.497 e. The second kappa shape index (κ2) is 9.20. The van der Waals surface area contributed by atoms with Crippen LogP contribution >= 0.6 is 11.3 Å². The second-order valence-electron chi connectivity index (χ2n) is 8.25. The van der Waals surface area contributed by atoms with Gasteiger partial charge in [-0.05, 0) is 49.2 Å². The molecule has 2 aliphatic rings. The zero-order valence-corrected chi connectivity index (χ0v) is 19.1. The van der Waals surface area contributed by atoms with Crippen LogP contribution in [-0.4, -0.2) is 71.9 Å². The normalized spacial score (nSPS) is 19.3. The van der Waals surface area contributed by atoms with Gasteiger partial charge in [-0.25, -0.2) is 0 Å². The van der Waals surface area contributed by atoms with Gasteiger partial charge < -0.3 is 19.4 Å². The van der Waals surface area contributed by atoms with Crippen molar-refractivity contribution in [1.82, 2.24) is 19.7 Å². The summed E-state index contributed by atoms with van der Waals surface area (Å²) in [5.74, 6) is 1.16. The van der Waals surface area contributed by atoms with Crippen LogP contribution in [0.25, 0.3) is 5.13 Å². The molecule has 0 bridgehead atoms.